The summed E-state index contributed by atoms with van der Waals surface area (Å²) >= 11 is 0. The number of hydrogen-bond donors (Lipinski definition) is 1. The topological polar surface area (TPSA) is 29.5 Å². The van der Waals surface area contributed by atoms with Gasteiger partial charge in [-0.25, -0.2) is 0 Å². The molecule has 1 aliphatic rings. The van der Waals surface area contributed by atoms with Gasteiger partial charge in [0.25, 0.3) is 0 Å². The molecule has 1 N–H and O–H groups in total. The molecule has 0 aromatic heterocycles. The Hall–Kier alpha value is -0.0800. The van der Waals surface area contributed by atoms with Gasteiger partial charge in [-0.15, -0.1) is 0 Å². The highest BCUT2D eigenvalue weighted by molar-refractivity contribution is 4.66. The fourth-order valence-electron chi connectivity index (χ4n) is 1.23. The lowest BCUT2D eigenvalue weighted by atomic mass is 10.1. The molecule has 0 aromatic rings. The summed E-state index contributed by atoms with van der Waals surface area (Å²) in [6.45, 7) is 2.24. The summed E-state index contributed by atoms with van der Waals surface area (Å²) in [5.41, 5.74) is 0. The number of rotatable bonds is 1. The van der Waals surface area contributed by atoms with Crippen molar-refractivity contribution in [3.63, 3.8) is 0 Å². The molecule has 1 rings (SSSR count). The normalized spacial score (nSPS) is 36.7. The Morgan fingerprint density at radius 2 is 2.33 bits per heavy atom. The lowest BCUT2D eigenvalue weighted by Crippen LogP contribution is -2.27. The van der Waals surface area contributed by atoms with E-state index < -0.39 is 0 Å². The maximum Gasteiger partial charge on any atom is 0.0809 e. The van der Waals surface area contributed by atoms with Crippen molar-refractivity contribution in [1.82, 2.24) is 0 Å². The molecule has 0 aromatic carbocycles. The zero-order chi connectivity index (χ0) is 6.69. The van der Waals surface area contributed by atoms with E-state index in [1.54, 1.807) is 0 Å². The second-order valence-corrected chi connectivity index (χ2v) is 2.68. The number of aliphatic hydroxyl groups excluding tert-OH is 1. The predicted molar refractivity (Wildman–Crippen MR) is 35.3 cm³/mol. The van der Waals surface area contributed by atoms with Gasteiger partial charge in [0.15, 0.2) is 0 Å². The third-order valence-electron chi connectivity index (χ3n) is 1.77. The molecule has 0 bridgehead atoms. The third-order valence-corrected chi connectivity index (χ3v) is 1.77. The van der Waals surface area contributed by atoms with Crippen LogP contribution in [0.15, 0.2) is 0 Å². The van der Waals surface area contributed by atoms with Crippen molar-refractivity contribution in [2.24, 2.45) is 0 Å². The van der Waals surface area contributed by atoms with Gasteiger partial charge in [-0.05, 0) is 26.2 Å². The van der Waals surface area contributed by atoms with E-state index in [-0.39, 0.29) is 12.7 Å². The van der Waals surface area contributed by atoms with Crippen molar-refractivity contribution in [2.45, 2.75) is 38.4 Å². The molecule has 0 saturated carbocycles. The van der Waals surface area contributed by atoms with Gasteiger partial charge in [-0.2, -0.15) is 0 Å². The molecule has 1 saturated heterocycles. The zero-order valence-electron chi connectivity index (χ0n) is 5.84. The number of hydrogen-bond acceptors (Lipinski definition) is 2. The van der Waals surface area contributed by atoms with Gasteiger partial charge in [0.05, 0.1) is 18.8 Å². The van der Waals surface area contributed by atoms with E-state index in [2.05, 4.69) is 6.92 Å². The second kappa shape index (κ2) is 3.18. The maximum absolute atomic E-state index is 8.68. The van der Waals surface area contributed by atoms with Gasteiger partial charge < -0.3 is 9.84 Å². The molecule has 2 nitrogen and oxygen atoms in total. The van der Waals surface area contributed by atoms with E-state index in [1.165, 1.54) is 6.42 Å². The fraction of sp³-hybridized carbons (Fsp3) is 1.00. The Kier molecular flexibility index (Phi) is 2.49. The van der Waals surface area contributed by atoms with Gasteiger partial charge in [-0.1, -0.05) is 0 Å². The highest BCUT2D eigenvalue weighted by atomic mass is 16.5. The standard InChI is InChI=1S/C7H14O2/c1-6-3-2-4-7(5-8)9-6/h6-8H,2-5H2,1H3/t6-,7-/m1/s1. The van der Waals surface area contributed by atoms with E-state index in [0.29, 0.717) is 6.10 Å². The Morgan fingerprint density at radius 1 is 1.56 bits per heavy atom. The zero-order valence-corrected chi connectivity index (χ0v) is 5.84. The van der Waals surface area contributed by atoms with Crippen molar-refractivity contribution in [3.8, 4) is 0 Å². The minimum Gasteiger partial charge on any atom is -0.394 e. The maximum atomic E-state index is 8.68. The first-order valence-electron chi connectivity index (χ1n) is 3.59. The molecule has 0 unspecified atom stereocenters. The van der Waals surface area contributed by atoms with Gasteiger partial charge in [0.2, 0.25) is 0 Å². The van der Waals surface area contributed by atoms with E-state index in [9.17, 15) is 0 Å². The third kappa shape index (κ3) is 1.95. The van der Waals surface area contributed by atoms with Gasteiger partial charge in [-0.3, -0.25) is 0 Å². The smallest absolute Gasteiger partial charge is 0.0809 e. The first-order valence-corrected chi connectivity index (χ1v) is 3.59. The number of ether oxygens (including phenoxy) is 1. The van der Waals surface area contributed by atoms with Crippen LogP contribution in [-0.2, 0) is 4.74 Å². The highest BCUT2D eigenvalue weighted by Gasteiger charge is 2.17. The van der Waals surface area contributed by atoms with Crippen LogP contribution in [0.25, 0.3) is 0 Å². The SMILES string of the molecule is C[C@@H]1CCC[C@H](CO)O1. The molecule has 2 atom stereocenters. The Bertz CT molecular complexity index is 83.0. The van der Waals surface area contributed by atoms with E-state index >= 15 is 0 Å². The molecule has 0 amide bonds. The Labute approximate surface area is 55.8 Å². The molecule has 2 heteroatoms. The van der Waals surface area contributed by atoms with E-state index in [1.807, 2.05) is 0 Å². The van der Waals surface area contributed by atoms with E-state index in [4.69, 9.17) is 9.84 Å². The summed E-state index contributed by atoms with van der Waals surface area (Å²) in [4.78, 5) is 0. The summed E-state index contributed by atoms with van der Waals surface area (Å²) in [5.74, 6) is 0. The second-order valence-electron chi connectivity index (χ2n) is 2.68. The first-order chi connectivity index (χ1) is 4.33. The van der Waals surface area contributed by atoms with Crippen LogP contribution in [0.1, 0.15) is 26.2 Å². The summed E-state index contributed by atoms with van der Waals surface area (Å²) in [5, 5.41) is 8.68. The highest BCUT2D eigenvalue weighted by Crippen LogP contribution is 2.17. The molecule has 54 valence electrons. The number of aliphatic hydroxyl groups is 1. The van der Waals surface area contributed by atoms with Gasteiger partial charge >= 0.3 is 0 Å². The van der Waals surface area contributed by atoms with E-state index in [0.717, 1.165) is 12.8 Å². The molecule has 0 aliphatic carbocycles. The van der Waals surface area contributed by atoms with Gasteiger partial charge in [0.1, 0.15) is 0 Å². The summed E-state index contributed by atoms with van der Waals surface area (Å²) in [7, 11) is 0. The molecule has 0 spiro atoms. The molecule has 1 aliphatic heterocycles. The van der Waals surface area contributed by atoms with Crippen LogP contribution in [0.2, 0.25) is 0 Å². The van der Waals surface area contributed by atoms with Crippen LogP contribution in [0.5, 0.6) is 0 Å². The average Bonchev–Trinajstić information content (AvgIpc) is 1.88. The van der Waals surface area contributed by atoms with Crippen LogP contribution < -0.4 is 0 Å². The van der Waals surface area contributed by atoms with Crippen molar-refractivity contribution in [3.05, 3.63) is 0 Å². The minimum absolute atomic E-state index is 0.119. The Balaban J connectivity index is 2.23. The summed E-state index contributed by atoms with van der Waals surface area (Å²) in [6, 6.07) is 0. The summed E-state index contributed by atoms with van der Waals surface area (Å²) < 4.78 is 5.39. The van der Waals surface area contributed by atoms with Crippen LogP contribution in [0, 0.1) is 0 Å². The average molecular weight is 130 g/mol. The first kappa shape index (κ1) is 7.03. The van der Waals surface area contributed by atoms with Crippen molar-refractivity contribution < 1.29 is 9.84 Å². The summed E-state index contributed by atoms with van der Waals surface area (Å²) in [6.07, 6.45) is 3.86. The van der Waals surface area contributed by atoms with Crippen LogP contribution in [0.4, 0.5) is 0 Å². The molecule has 9 heavy (non-hydrogen) atoms. The van der Waals surface area contributed by atoms with Gasteiger partial charge in [0, 0.05) is 0 Å². The lowest BCUT2D eigenvalue weighted by molar-refractivity contribution is -0.0633. The van der Waals surface area contributed by atoms with Crippen LogP contribution >= 0.6 is 0 Å². The van der Waals surface area contributed by atoms with Crippen molar-refractivity contribution in [1.29, 1.82) is 0 Å². The van der Waals surface area contributed by atoms with Crippen LogP contribution in [0.3, 0.4) is 0 Å². The Morgan fingerprint density at radius 3 is 2.78 bits per heavy atom. The largest absolute Gasteiger partial charge is 0.394 e. The lowest BCUT2D eigenvalue weighted by Gasteiger charge is -2.25. The van der Waals surface area contributed by atoms with Crippen molar-refractivity contribution in [2.75, 3.05) is 6.61 Å². The molecule has 1 fully saturated rings. The molecular formula is C7H14O2. The molecule has 1 heterocycles. The fourth-order valence-corrected chi connectivity index (χ4v) is 1.23. The quantitative estimate of drug-likeness (QED) is 0.572. The van der Waals surface area contributed by atoms with Crippen LogP contribution in [-0.4, -0.2) is 23.9 Å². The van der Waals surface area contributed by atoms with Crippen molar-refractivity contribution >= 4 is 0 Å². The molecular weight excluding hydrogens is 116 g/mol. The molecule has 0 radical (unpaired) electrons. The minimum atomic E-state index is 0.119. The predicted octanol–water partition coefficient (Wildman–Crippen LogP) is 0.936. The monoisotopic (exact) mass is 130 g/mol.